The Kier molecular flexibility index (Phi) is 6.76. The van der Waals surface area contributed by atoms with Gasteiger partial charge in [-0.3, -0.25) is 4.90 Å². The molecule has 1 saturated heterocycles. The lowest BCUT2D eigenvalue weighted by molar-refractivity contribution is 0.304. The zero-order valence-corrected chi connectivity index (χ0v) is 19.1. The predicted molar refractivity (Wildman–Crippen MR) is 128 cm³/mol. The third-order valence-electron chi connectivity index (χ3n) is 6.78. The van der Waals surface area contributed by atoms with Crippen LogP contribution in [-0.2, 0) is 13.0 Å². The third-order valence-corrected chi connectivity index (χ3v) is 7.09. The molecule has 4 rings (SSSR count). The molecule has 158 valence electrons. The van der Waals surface area contributed by atoms with Gasteiger partial charge in [0.05, 0.1) is 10.6 Å². The van der Waals surface area contributed by atoms with Crippen molar-refractivity contribution in [3.8, 4) is 6.07 Å². The molecule has 1 aliphatic heterocycles. The van der Waals surface area contributed by atoms with Crippen molar-refractivity contribution in [2.45, 2.75) is 39.2 Å². The summed E-state index contributed by atoms with van der Waals surface area (Å²) in [7, 11) is 0. The Labute approximate surface area is 191 Å². The van der Waals surface area contributed by atoms with Crippen molar-refractivity contribution in [2.24, 2.45) is 5.92 Å². The van der Waals surface area contributed by atoms with Gasteiger partial charge in [0.25, 0.3) is 0 Å². The number of likely N-dealkylation sites (tertiary alicyclic amines) is 1. The van der Waals surface area contributed by atoms with Crippen LogP contribution in [0.3, 0.4) is 0 Å². The van der Waals surface area contributed by atoms with Gasteiger partial charge < -0.3 is 0 Å². The molecule has 0 radical (unpaired) electrons. The Balaban J connectivity index is 1.59. The van der Waals surface area contributed by atoms with Crippen molar-refractivity contribution in [3.63, 3.8) is 0 Å². The van der Waals surface area contributed by atoms with E-state index in [-0.39, 0.29) is 0 Å². The van der Waals surface area contributed by atoms with Crippen LogP contribution in [0.1, 0.15) is 45.7 Å². The highest BCUT2D eigenvalue weighted by molar-refractivity contribution is 6.31. The summed E-state index contributed by atoms with van der Waals surface area (Å²) in [6, 6.07) is 25.5. The molecule has 3 aromatic carbocycles. The number of halogens is 1. The van der Waals surface area contributed by atoms with Gasteiger partial charge in [0.15, 0.2) is 0 Å². The van der Waals surface area contributed by atoms with Gasteiger partial charge in [-0.25, -0.2) is 0 Å². The molecule has 0 saturated carbocycles. The van der Waals surface area contributed by atoms with E-state index < -0.39 is 0 Å². The quantitative estimate of drug-likeness (QED) is 0.438. The number of nitrogens with zero attached hydrogens (tertiary/aromatic N) is 2. The van der Waals surface area contributed by atoms with E-state index in [1.54, 1.807) is 0 Å². The molecule has 1 fully saturated rings. The van der Waals surface area contributed by atoms with Crippen molar-refractivity contribution in [3.05, 3.63) is 105 Å². The number of hydrogen-bond donors (Lipinski definition) is 0. The summed E-state index contributed by atoms with van der Waals surface area (Å²) >= 11 is 6.44. The van der Waals surface area contributed by atoms with E-state index in [4.69, 9.17) is 11.6 Å². The number of rotatable bonds is 6. The minimum Gasteiger partial charge on any atom is -0.299 e. The van der Waals surface area contributed by atoms with Crippen LogP contribution in [0.25, 0.3) is 0 Å². The van der Waals surface area contributed by atoms with Crippen molar-refractivity contribution >= 4 is 11.6 Å². The summed E-state index contributed by atoms with van der Waals surface area (Å²) in [6.07, 6.45) is 2.18. The minimum atomic E-state index is 0.383. The molecule has 1 aliphatic rings. The maximum atomic E-state index is 9.29. The van der Waals surface area contributed by atoms with E-state index in [0.29, 0.717) is 22.4 Å². The molecule has 0 N–H and O–H groups in total. The van der Waals surface area contributed by atoms with E-state index in [2.05, 4.69) is 79.4 Å². The second-order valence-corrected chi connectivity index (χ2v) is 9.21. The first-order chi connectivity index (χ1) is 15.0. The molecule has 2 nitrogen and oxygen atoms in total. The fourth-order valence-corrected chi connectivity index (χ4v) is 5.08. The minimum absolute atomic E-state index is 0.383. The smallest absolute Gasteiger partial charge is 0.101 e. The SMILES string of the molecule is Cc1ccccc1CC(c1ccc(C#N)c(Cl)c1)[C@H]1CCN(Cc2ccccc2C)C1. The molecule has 1 unspecified atom stereocenters. The van der Waals surface area contributed by atoms with Crippen LogP contribution in [0, 0.1) is 31.1 Å². The molecule has 2 atom stereocenters. The maximum Gasteiger partial charge on any atom is 0.101 e. The highest BCUT2D eigenvalue weighted by atomic mass is 35.5. The topological polar surface area (TPSA) is 27.0 Å². The fourth-order valence-electron chi connectivity index (χ4n) is 4.85. The second-order valence-electron chi connectivity index (χ2n) is 8.80. The third kappa shape index (κ3) is 5.01. The van der Waals surface area contributed by atoms with Crippen LogP contribution in [0.4, 0.5) is 0 Å². The average Bonchev–Trinajstić information content (AvgIpc) is 3.23. The summed E-state index contributed by atoms with van der Waals surface area (Å²) in [6.45, 7) is 7.60. The van der Waals surface area contributed by atoms with Gasteiger partial charge in [-0.1, -0.05) is 66.2 Å². The Morgan fingerprint density at radius 2 is 1.68 bits per heavy atom. The van der Waals surface area contributed by atoms with Crippen molar-refractivity contribution in [2.75, 3.05) is 13.1 Å². The van der Waals surface area contributed by atoms with Crippen molar-refractivity contribution < 1.29 is 0 Å². The largest absolute Gasteiger partial charge is 0.299 e. The molecule has 3 aromatic rings. The number of aryl methyl sites for hydroxylation is 2. The summed E-state index contributed by atoms with van der Waals surface area (Å²) in [5, 5.41) is 9.85. The summed E-state index contributed by atoms with van der Waals surface area (Å²) in [4.78, 5) is 2.59. The molecular formula is C28H29ClN2. The maximum absolute atomic E-state index is 9.29. The van der Waals surface area contributed by atoms with Gasteiger partial charge in [-0.05, 0) is 85.0 Å². The lowest BCUT2D eigenvalue weighted by Gasteiger charge is -2.26. The van der Waals surface area contributed by atoms with E-state index in [1.165, 1.54) is 34.2 Å². The lowest BCUT2D eigenvalue weighted by Crippen LogP contribution is -2.23. The zero-order chi connectivity index (χ0) is 21.8. The summed E-state index contributed by atoms with van der Waals surface area (Å²) in [5.41, 5.74) is 7.30. The van der Waals surface area contributed by atoms with Gasteiger partial charge in [-0.15, -0.1) is 0 Å². The molecule has 1 heterocycles. The van der Waals surface area contributed by atoms with Crippen LogP contribution in [0.15, 0.2) is 66.7 Å². The Morgan fingerprint density at radius 1 is 1.00 bits per heavy atom. The van der Waals surface area contributed by atoms with Crippen molar-refractivity contribution in [1.82, 2.24) is 4.90 Å². The predicted octanol–water partition coefficient (Wildman–Crippen LogP) is 6.68. The highest BCUT2D eigenvalue weighted by Gasteiger charge is 2.31. The molecular weight excluding hydrogens is 400 g/mol. The molecule has 0 aliphatic carbocycles. The first-order valence-electron chi connectivity index (χ1n) is 11.1. The normalized spacial score (nSPS) is 17.4. The Hall–Kier alpha value is -2.60. The number of benzene rings is 3. The highest BCUT2D eigenvalue weighted by Crippen LogP contribution is 2.37. The van der Waals surface area contributed by atoms with E-state index in [9.17, 15) is 5.26 Å². The van der Waals surface area contributed by atoms with E-state index in [0.717, 1.165) is 26.1 Å². The number of nitriles is 1. The molecule has 0 amide bonds. The molecule has 31 heavy (non-hydrogen) atoms. The Morgan fingerprint density at radius 3 is 2.32 bits per heavy atom. The van der Waals surface area contributed by atoms with Crippen LogP contribution in [-0.4, -0.2) is 18.0 Å². The lowest BCUT2D eigenvalue weighted by atomic mass is 9.80. The fraction of sp³-hybridized carbons (Fsp3) is 0.321. The monoisotopic (exact) mass is 428 g/mol. The summed E-state index contributed by atoms with van der Waals surface area (Å²) in [5.74, 6) is 0.945. The molecule has 0 spiro atoms. The van der Waals surface area contributed by atoms with E-state index in [1.807, 2.05) is 12.1 Å². The first kappa shape index (κ1) is 21.6. The van der Waals surface area contributed by atoms with Gasteiger partial charge in [0, 0.05) is 13.1 Å². The zero-order valence-electron chi connectivity index (χ0n) is 18.3. The van der Waals surface area contributed by atoms with Gasteiger partial charge >= 0.3 is 0 Å². The van der Waals surface area contributed by atoms with Crippen LogP contribution in [0.5, 0.6) is 0 Å². The molecule has 0 aromatic heterocycles. The van der Waals surface area contributed by atoms with Gasteiger partial charge in [0.2, 0.25) is 0 Å². The van der Waals surface area contributed by atoms with Gasteiger partial charge in [-0.2, -0.15) is 5.26 Å². The van der Waals surface area contributed by atoms with Crippen molar-refractivity contribution in [1.29, 1.82) is 5.26 Å². The first-order valence-corrected chi connectivity index (χ1v) is 11.4. The average molecular weight is 429 g/mol. The van der Waals surface area contributed by atoms with Crippen LogP contribution in [0.2, 0.25) is 5.02 Å². The molecule has 0 bridgehead atoms. The Bertz CT molecular complexity index is 1100. The van der Waals surface area contributed by atoms with Gasteiger partial charge in [0.1, 0.15) is 6.07 Å². The second kappa shape index (κ2) is 9.69. The van der Waals surface area contributed by atoms with Crippen LogP contribution >= 0.6 is 11.6 Å². The number of hydrogen-bond acceptors (Lipinski definition) is 2. The molecule has 3 heteroatoms. The standard InChI is InChI=1S/C28H29ClN2/c1-20-7-3-5-9-22(20)15-27(23-11-12-24(17-30)28(29)16-23)26-13-14-31(19-26)18-25-10-6-4-8-21(25)2/h3-12,16,26-27H,13-15,18-19H2,1-2H3/t26-,27?/m0/s1. The summed E-state index contributed by atoms with van der Waals surface area (Å²) < 4.78 is 0. The van der Waals surface area contributed by atoms with E-state index >= 15 is 0 Å². The van der Waals surface area contributed by atoms with Crippen LogP contribution < -0.4 is 0 Å².